The third-order valence-electron chi connectivity index (χ3n) is 2.42. The summed E-state index contributed by atoms with van der Waals surface area (Å²) in [6.07, 6.45) is 0.258. The van der Waals surface area contributed by atoms with Crippen molar-refractivity contribution in [3.63, 3.8) is 0 Å². The minimum Gasteiger partial charge on any atom is -0.487 e. The van der Waals surface area contributed by atoms with Gasteiger partial charge in [0.2, 0.25) is 10.0 Å². The molecule has 2 rings (SSSR count). The maximum atomic E-state index is 11.3. The second-order valence-corrected chi connectivity index (χ2v) is 6.23. The van der Waals surface area contributed by atoms with E-state index in [9.17, 15) is 8.42 Å². The Kier molecular flexibility index (Phi) is 3.49. The lowest BCUT2D eigenvalue weighted by atomic mass is 10.1. The van der Waals surface area contributed by atoms with Crippen molar-refractivity contribution in [2.24, 2.45) is 5.14 Å². The number of halogens is 3. The molecule has 1 atom stereocenters. The zero-order valence-corrected chi connectivity index (χ0v) is 11.5. The minimum absolute atomic E-state index is 0.0563. The highest BCUT2D eigenvalue weighted by molar-refractivity contribution is 7.89. The Bertz CT molecular complexity index is 573. The van der Waals surface area contributed by atoms with Crippen LogP contribution in [0.2, 0.25) is 10.0 Å². The van der Waals surface area contributed by atoms with E-state index in [1.165, 1.54) is 6.07 Å². The maximum absolute atomic E-state index is 11.3. The fourth-order valence-corrected chi connectivity index (χ4v) is 3.28. The number of ether oxygens (including phenoxy) is 1. The molecule has 0 radical (unpaired) electrons. The predicted octanol–water partition coefficient (Wildman–Crippen LogP) is 2.18. The largest absolute Gasteiger partial charge is 0.487 e. The number of alkyl halides is 1. The van der Waals surface area contributed by atoms with E-state index in [4.69, 9.17) is 44.7 Å². The van der Waals surface area contributed by atoms with Gasteiger partial charge >= 0.3 is 0 Å². The first-order chi connectivity index (χ1) is 7.84. The van der Waals surface area contributed by atoms with Gasteiger partial charge in [-0.15, -0.1) is 11.6 Å². The van der Waals surface area contributed by atoms with Gasteiger partial charge in [-0.3, -0.25) is 0 Å². The van der Waals surface area contributed by atoms with Crippen molar-refractivity contribution >= 4 is 44.8 Å². The Balaban J connectivity index is 2.61. The average Bonchev–Trinajstić information content (AvgIpc) is 2.65. The zero-order chi connectivity index (χ0) is 12.8. The summed E-state index contributed by atoms with van der Waals surface area (Å²) in [6.45, 7) is 0. The highest BCUT2D eigenvalue weighted by Gasteiger charge is 2.29. The topological polar surface area (TPSA) is 69.4 Å². The second kappa shape index (κ2) is 4.48. The van der Waals surface area contributed by atoms with E-state index in [2.05, 4.69) is 0 Å². The van der Waals surface area contributed by atoms with Gasteiger partial charge in [0.05, 0.1) is 10.9 Å². The fourth-order valence-electron chi connectivity index (χ4n) is 1.66. The predicted molar refractivity (Wildman–Crippen MR) is 66.7 cm³/mol. The highest BCUT2D eigenvalue weighted by Crippen LogP contribution is 2.43. The van der Waals surface area contributed by atoms with E-state index in [1.54, 1.807) is 0 Å². The third kappa shape index (κ3) is 2.35. The van der Waals surface area contributed by atoms with E-state index in [0.29, 0.717) is 17.7 Å². The monoisotopic (exact) mass is 315 g/mol. The summed E-state index contributed by atoms with van der Waals surface area (Å²) in [5.41, 5.74) is 0.647. The molecule has 1 unspecified atom stereocenters. The van der Waals surface area contributed by atoms with Crippen molar-refractivity contribution in [3.05, 3.63) is 21.7 Å². The molecule has 1 aromatic rings. The number of hydrogen-bond acceptors (Lipinski definition) is 3. The number of fused-ring (bicyclic) bond motifs is 1. The van der Waals surface area contributed by atoms with Crippen molar-refractivity contribution in [2.45, 2.75) is 17.4 Å². The molecule has 0 fully saturated rings. The molecule has 0 aromatic heterocycles. The molecular weight excluding hydrogens is 309 g/mol. The van der Waals surface area contributed by atoms with Gasteiger partial charge in [-0.1, -0.05) is 23.2 Å². The van der Waals surface area contributed by atoms with E-state index >= 15 is 0 Å². The minimum atomic E-state index is -3.91. The van der Waals surface area contributed by atoms with Crippen LogP contribution in [0.5, 0.6) is 5.75 Å². The van der Waals surface area contributed by atoms with Crippen LogP contribution in [0.25, 0.3) is 0 Å². The molecule has 0 saturated heterocycles. The molecule has 2 N–H and O–H groups in total. The normalized spacial score (nSPS) is 18.9. The quantitative estimate of drug-likeness (QED) is 0.850. The Labute approximate surface area is 114 Å². The Hall–Kier alpha value is -0.200. The van der Waals surface area contributed by atoms with Gasteiger partial charge in [-0.2, -0.15) is 0 Å². The van der Waals surface area contributed by atoms with Gasteiger partial charge in [0.25, 0.3) is 0 Å². The van der Waals surface area contributed by atoms with Crippen molar-refractivity contribution < 1.29 is 13.2 Å². The lowest BCUT2D eigenvalue weighted by Crippen LogP contribution is -2.14. The Morgan fingerprint density at radius 2 is 2.06 bits per heavy atom. The number of benzene rings is 1. The van der Waals surface area contributed by atoms with Gasteiger partial charge in [-0.05, 0) is 6.07 Å². The summed E-state index contributed by atoms with van der Waals surface area (Å²) < 4.78 is 28.1. The van der Waals surface area contributed by atoms with Crippen molar-refractivity contribution in [1.29, 1.82) is 0 Å². The molecule has 1 aromatic carbocycles. The first-order valence-electron chi connectivity index (χ1n) is 4.61. The first-order valence-corrected chi connectivity index (χ1v) is 7.44. The van der Waals surface area contributed by atoms with Crippen LogP contribution in [0.4, 0.5) is 0 Å². The third-order valence-corrected chi connectivity index (χ3v) is 4.66. The molecule has 0 saturated carbocycles. The SMILES string of the molecule is NS(=O)(=O)c1cc2c(c(Cl)c1Cl)OC(CCl)C2. The summed E-state index contributed by atoms with van der Waals surface area (Å²) in [5, 5.41) is 4.98. The number of sulfonamides is 1. The van der Waals surface area contributed by atoms with Crippen LogP contribution in [-0.4, -0.2) is 20.4 Å². The lowest BCUT2D eigenvalue weighted by molar-refractivity contribution is 0.258. The number of primary sulfonamides is 1. The molecule has 94 valence electrons. The van der Waals surface area contributed by atoms with Crippen LogP contribution in [0.3, 0.4) is 0 Å². The number of rotatable bonds is 2. The zero-order valence-electron chi connectivity index (χ0n) is 8.41. The fraction of sp³-hybridized carbons (Fsp3) is 0.333. The number of hydrogen-bond donors (Lipinski definition) is 1. The van der Waals surface area contributed by atoms with Crippen LogP contribution in [0.1, 0.15) is 5.56 Å². The Morgan fingerprint density at radius 3 is 2.59 bits per heavy atom. The van der Waals surface area contributed by atoms with Gasteiger partial charge in [0, 0.05) is 12.0 Å². The van der Waals surface area contributed by atoms with Crippen LogP contribution in [0.15, 0.2) is 11.0 Å². The lowest BCUT2D eigenvalue weighted by Gasteiger charge is -2.09. The smallest absolute Gasteiger partial charge is 0.239 e. The van der Waals surface area contributed by atoms with Crippen LogP contribution < -0.4 is 9.88 Å². The molecule has 1 aliphatic rings. The van der Waals surface area contributed by atoms with Gasteiger partial charge in [0.1, 0.15) is 21.8 Å². The van der Waals surface area contributed by atoms with E-state index in [0.717, 1.165) is 0 Å². The van der Waals surface area contributed by atoms with Crippen molar-refractivity contribution in [1.82, 2.24) is 0 Å². The molecular formula is C9H8Cl3NO3S. The van der Waals surface area contributed by atoms with Gasteiger partial charge in [0.15, 0.2) is 0 Å². The van der Waals surface area contributed by atoms with Crippen molar-refractivity contribution in [3.8, 4) is 5.75 Å². The Morgan fingerprint density at radius 1 is 1.41 bits per heavy atom. The van der Waals surface area contributed by atoms with Crippen LogP contribution in [-0.2, 0) is 16.4 Å². The molecule has 0 aliphatic carbocycles. The summed E-state index contributed by atoms with van der Waals surface area (Å²) in [6, 6.07) is 1.38. The molecule has 0 amide bonds. The van der Waals surface area contributed by atoms with E-state index in [-0.39, 0.29) is 26.9 Å². The van der Waals surface area contributed by atoms with E-state index < -0.39 is 10.0 Å². The molecule has 0 bridgehead atoms. The van der Waals surface area contributed by atoms with Gasteiger partial charge in [-0.25, -0.2) is 13.6 Å². The van der Waals surface area contributed by atoms with E-state index in [1.807, 2.05) is 0 Å². The second-order valence-electron chi connectivity index (χ2n) is 3.63. The molecule has 4 nitrogen and oxygen atoms in total. The summed E-state index contributed by atoms with van der Waals surface area (Å²) >= 11 is 17.5. The van der Waals surface area contributed by atoms with Crippen LogP contribution >= 0.6 is 34.8 Å². The number of nitrogens with two attached hydrogens (primary N) is 1. The molecule has 8 heteroatoms. The maximum Gasteiger partial charge on any atom is 0.239 e. The summed E-state index contributed by atoms with van der Waals surface area (Å²) in [4.78, 5) is -0.193. The molecule has 17 heavy (non-hydrogen) atoms. The average molecular weight is 317 g/mol. The van der Waals surface area contributed by atoms with Crippen LogP contribution in [0, 0.1) is 0 Å². The molecule has 1 aliphatic heterocycles. The summed E-state index contributed by atoms with van der Waals surface area (Å²) in [5.74, 6) is 0.669. The standard InChI is InChI=1S/C9H8Cl3NO3S/c10-3-5-1-4-2-6(17(13,14)15)7(11)8(12)9(4)16-5/h2,5H,1,3H2,(H2,13,14,15). The summed E-state index contributed by atoms with van der Waals surface area (Å²) in [7, 11) is -3.91. The molecule has 0 spiro atoms. The first kappa shape index (κ1) is 13.2. The van der Waals surface area contributed by atoms with Crippen molar-refractivity contribution in [2.75, 3.05) is 5.88 Å². The molecule has 1 heterocycles. The highest BCUT2D eigenvalue weighted by atomic mass is 35.5. The van der Waals surface area contributed by atoms with Gasteiger partial charge < -0.3 is 4.74 Å².